The second kappa shape index (κ2) is 5.92. The number of nitrogens with zero attached hydrogens (tertiary/aromatic N) is 2. The fraction of sp³-hybridized carbons (Fsp3) is 0.900. The molecule has 1 atom stereocenters. The minimum atomic E-state index is -0.0492. The van der Waals surface area contributed by atoms with Crippen LogP contribution in [0.3, 0.4) is 0 Å². The molecule has 88 valence electrons. The number of aliphatic hydroxyl groups is 1. The van der Waals surface area contributed by atoms with Crippen LogP contribution in [0.1, 0.15) is 32.6 Å². The highest BCUT2D eigenvalue weighted by Crippen LogP contribution is 2.26. The molecule has 4 N–H and O–H groups in total. The molecule has 0 aromatic carbocycles. The van der Waals surface area contributed by atoms with E-state index in [1.165, 1.54) is 19.3 Å². The summed E-state index contributed by atoms with van der Waals surface area (Å²) in [4.78, 5) is 2.22. The van der Waals surface area contributed by atoms with Crippen molar-refractivity contribution in [1.82, 2.24) is 4.90 Å². The number of nitrogens with two attached hydrogens (primary N) is 1. The Bertz CT molecular complexity index is 217. The van der Waals surface area contributed by atoms with E-state index in [4.69, 9.17) is 16.0 Å². The average molecular weight is 215 g/mol. The smallest absolute Gasteiger partial charge is 0.156 e. The van der Waals surface area contributed by atoms with E-state index < -0.39 is 0 Å². The number of hydrogen-bond acceptors (Lipinski definition) is 4. The van der Waals surface area contributed by atoms with Crippen LogP contribution in [0.15, 0.2) is 5.16 Å². The van der Waals surface area contributed by atoms with E-state index in [0.717, 1.165) is 13.0 Å². The van der Waals surface area contributed by atoms with Crippen molar-refractivity contribution in [3.63, 3.8) is 0 Å². The van der Waals surface area contributed by atoms with Gasteiger partial charge < -0.3 is 16.0 Å². The molecule has 1 aliphatic rings. The summed E-state index contributed by atoms with van der Waals surface area (Å²) in [6, 6.07) is 0.485. The zero-order chi connectivity index (χ0) is 11.3. The maximum atomic E-state index is 8.83. The van der Waals surface area contributed by atoms with Crippen molar-refractivity contribution in [3.05, 3.63) is 0 Å². The molecular weight excluding hydrogens is 194 g/mol. The third kappa shape index (κ3) is 3.07. The van der Waals surface area contributed by atoms with Crippen LogP contribution in [-0.4, -0.2) is 46.3 Å². The standard InChI is InChI=1S/C10H21N3O2/c1-8(10(11)12-15)13(6-3-7-14)9-4-2-5-9/h8-9,14-15H,2-7H2,1H3,(H2,11,12). The number of amidine groups is 1. The van der Waals surface area contributed by atoms with Crippen molar-refractivity contribution in [2.24, 2.45) is 10.9 Å². The van der Waals surface area contributed by atoms with Crippen LogP contribution in [0.4, 0.5) is 0 Å². The molecule has 0 amide bonds. The Balaban J connectivity index is 2.53. The van der Waals surface area contributed by atoms with Gasteiger partial charge in [0.1, 0.15) is 0 Å². The van der Waals surface area contributed by atoms with Crippen LogP contribution in [0.25, 0.3) is 0 Å². The van der Waals surface area contributed by atoms with Gasteiger partial charge in [-0.25, -0.2) is 0 Å². The molecule has 1 fully saturated rings. The number of aliphatic hydroxyl groups excluding tert-OH is 1. The maximum absolute atomic E-state index is 8.83. The summed E-state index contributed by atoms with van der Waals surface area (Å²) in [5, 5.41) is 20.5. The molecule has 5 heteroatoms. The number of rotatable bonds is 6. The molecule has 0 radical (unpaired) electrons. The molecule has 1 aliphatic carbocycles. The van der Waals surface area contributed by atoms with E-state index >= 15 is 0 Å². The fourth-order valence-electron chi connectivity index (χ4n) is 1.92. The van der Waals surface area contributed by atoms with Crippen LogP contribution in [-0.2, 0) is 0 Å². The minimum Gasteiger partial charge on any atom is -0.409 e. The summed E-state index contributed by atoms with van der Waals surface area (Å²) in [6.45, 7) is 2.93. The Kier molecular flexibility index (Phi) is 4.84. The first-order valence-corrected chi connectivity index (χ1v) is 5.54. The summed E-state index contributed by atoms with van der Waals surface area (Å²) in [6.07, 6.45) is 4.34. The highest BCUT2D eigenvalue weighted by atomic mass is 16.4. The van der Waals surface area contributed by atoms with E-state index in [2.05, 4.69) is 10.1 Å². The molecule has 0 heterocycles. The van der Waals surface area contributed by atoms with Crippen molar-refractivity contribution < 1.29 is 10.3 Å². The third-order valence-electron chi connectivity index (χ3n) is 3.16. The number of hydrogen-bond donors (Lipinski definition) is 3. The van der Waals surface area contributed by atoms with E-state index in [1.807, 2.05) is 6.92 Å². The second-order valence-corrected chi connectivity index (χ2v) is 4.10. The molecule has 15 heavy (non-hydrogen) atoms. The van der Waals surface area contributed by atoms with Crippen LogP contribution < -0.4 is 5.73 Å². The molecule has 1 saturated carbocycles. The van der Waals surface area contributed by atoms with Crippen LogP contribution in [0.5, 0.6) is 0 Å². The summed E-state index contributed by atoms with van der Waals surface area (Å²) in [5.41, 5.74) is 5.60. The van der Waals surface area contributed by atoms with Crippen molar-refractivity contribution >= 4 is 5.84 Å². The molecule has 0 aliphatic heterocycles. The normalized spacial score (nSPS) is 20.3. The van der Waals surface area contributed by atoms with Gasteiger partial charge in [0.05, 0.1) is 6.04 Å². The quantitative estimate of drug-likeness (QED) is 0.258. The Labute approximate surface area is 90.6 Å². The Hall–Kier alpha value is -0.810. The van der Waals surface area contributed by atoms with Gasteiger partial charge in [-0.1, -0.05) is 11.6 Å². The van der Waals surface area contributed by atoms with Gasteiger partial charge in [0.2, 0.25) is 0 Å². The predicted molar refractivity (Wildman–Crippen MR) is 58.9 cm³/mol. The van der Waals surface area contributed by atoms with Crippen molar-refractivity contribution in [2.45, 2.75) is 44.7 Å². The lowest BCUT2D eigenvalue weighted by atomic mass is 9.90. The Morgan fingerprint density at radius 1 is 1.60 bits per heavy atom. The van der Waals surface area contributed by atoms with Crippen LogP contribution >= 0.6 is 0 Å². The SMILES string of the molecule is CC(C(N)=NO)N(CCCO)C1CCC1. The van der Waals surface area contributed by atoms with Crippen molar-refractivity contribution in [1.29, 1.82) is 0 Å². The lowest BCUT2D eigenvalue weighted by molar-refractivity contribution is 0.101. The largest absolute Gasteiger partial charge is 0.409 e. The monoisotopic (exact) mass is 215 g/mol. The van der Waals surface area contributed by atoms with Gasteiger partial charge in [0, 0.05) is 19.2 Å². The molecule has 0 bridgehead atoms. The van der Waals surface area contributed by atoms with Gasteiger partial charge in [-0.15, -0.1) is 0 Å². The summed E-state index contributed by atoms with van der Waals surface area (Å²) in [7, 11) is 0. The minimum absolute atomic E-state index is 0.0492. The summed E-state index contributed by atoms with van der Waals surface area (Å²) < 4.78 is 0. The molecule has 1 rings (SSSR count). The topological polar surface area (TPSA) is 82.1 Å². The second-order valence-electron chi connectivity index (χ2n) is 4.10. The Morgan fingerprint density at radius 2 is 2.27 bits per heavy atom. The first kappa shape index (κ1) is 12.3. The maximum Gasteiger partial charge on any atom is 0.156 e. The van der Waals surface area contributed by atoms with Crippen LogP contribution in [0.2, 0.25) is 0 Å². The van der Waals surface area contributed by atoms with Gasteiger partial charge in [0.15, 0.2) is 5.84 Å². The first-order chi connectivity index (χ1) is 7.20. The van der Waals surface area contributed by atoms with Gasteiger partial charge >= 0.3 is 0 Å². The van der Waals surface area contributed by atoms with E-state index in [-0.39, 0.29) is 18.5 Å². The molecule has 0 aromatic rings. The van der Waals surface area contributed by atoms with Crippen molar-refractivity contribution in [2.75, 3.05) is 13.2 Å². The van der Waals surface area contributed by atoms with E-state index in [9.17, 15) is 0 Å². The molecule has 0 aromatic heterocycles. The van der Waals surface area contributed by atoms with E-state index in [0.29, 0.717) is 6.04 Å². The van der Waals surface area contributed by atoms with Gasteiger partial charge in [-0.2, -0.15) is 0 Å². The molecule has 5 nitrogen and oxygen atoms in total. The fourth-order valence-corrected chi connectivity index (χ4v) is 1.92. The van der Waals surface area contributed by atoms with Gasteiger partial charge in [0.25, 0.3) is 0 Å². The lowest BCUT2D eigenvalue weighted by Crippen LogP contribution is -2.51. The highest BCUT2D eigenvalue weighted by Gasteiger charge is 2.29. The molecule has 1 unspecified atom stereocenters. The highest BCUT2D eigenvalue weighted by molar-refractivity contribution is 5.84. The average Bonchev–Trinajstić information content (AvgIpc) is 2.19. The van der Waals surface area contributed by atoms with Crippen molar-refractivity contribution in [3.8, 4) is 0 Å². The third-order valence-corrected chi connectivity index (χ3v) is 3.16. The summed E-state index contributed by atoms with van der Waals surface area (Å²) >= 11 is 0. The molecule has 0 saturated heterocycles. The first-order valence-electron chi connectivity index (χ1n) is 5.54. The van der Waals surface area contributed by atoms with Crippen LogP contribution in [0, 0.1) is 0 Å². The zero-order valence-corrected chi connectivity index (χ0v) is 9.26. The van der Waals surface area contributed by atoms with Gasteiger partial charge in [-0.3, -0.25) is 4.90 Å². The lowest BCUT2D eigenvalue weighted by Gasteiger charge is -2.40. The summed E-state index contributed by atoms with van der Waals surface area (Å²) in [5.74, 6) is 0.250. The zero-order valence-electron chi connectivity index (χ0n) is 9.26. The van der Waals surface area contributed by atoms with Gasteiger partial charge in [-0.05, 0) is 26.2 Å². The molecule has 0 spiro atoms. The van der Waals surface area contributed by atoms with E-state index in [1.54, 1.807) is 0 Å². The number of oxime groups is 1. The Morgan fingerprint density at radius 3 is 2.67 bits per heavy atom. The molecular formula is C10H21N3O2. The predicted octanol–water partition coefficient (Wildman–Crippen LogP) is 0.358.